The van der Waals surface area contributed by atoms with Gasteiger partial charge in [0.2, 0.25) is 0 Å². The number of rotatable bonds is 18. The summed E-state index contributed by atoms with van der Waals surface area (Å²) in [6, 6.07) is 63.5. The van der Waals surface area contributed by atoms with Crippen molar-refractivity contribution in [2.75, 3.05) is 16.4 Å². The molecule has 0 heterocycles. The Balaban J connectivity index is 0.961. The highest BCUT2D eigenvalue weighted by Gasteiger charge is 2.16. The molecule has 0 aliphatic heterocycles. The lowest BCUT2D eigenvalue weighted by Gasteiger charge is -2.26. The minimum absolute atomic E-state index is 0.191. The van der Waals surface area contributed by atoms with Crippen LogP contribution in [0.4, 0.5) is 34.1 Å². The van der Waals surface area contributed by atoms with Crippen LogP contribution in [0.2, 0.25) is 0 Å². The van der Waals surface area contributed by atoms with Crippen LogP contribution in [0, 0.1) is 27.7 Å². The number of hydrogen-bond donors (Lipinski definition) is 0. The SMILES string of the molecule is C=CC(=O)OCc1ccc(N(c2ccc(-c3cccc(/C=C\c4cccc(Oc5ccc(N(c6ccc(COCCC)cc6)c6ccc(C)c(C)c6)cc5)c4)c3)cc2)c2ccc(C)c(C)c2)cc1. The predicted molar refractivity (Wildman–Crippen MR) is 282 cm³/mol. The molecular weight excluding hydrogens is 837 g/mol. The van der Waals surface area contributed by atoms with Crippen LogP contribution in [-0.2, 0) is 27.5 Å². The van der Waals surface area contributed by atoms with Crippen LogP contribution in [-0.4, -0.2) is 12.6 Å². The number of hydrogen-bond acceptors (Lipinski definition) is 6. The standard InChI is InChI=1S/C62H58N2O4/c1-7-37-66-42-50-19-27-54(28-20-50)64(59-26-16-45(4)47(6)39-59)57-33-35-60(36-34-57)68-61-14-10-12-49(41-61)18-17-48-11-9-13-53(40-48)52-23-31-56(32-24-52)63(58-25-15-44(3)46(5)38-58)55-29-21-51(22-30-55)43-67-62(65)8-2/h8-36,38-41H,2,7,37,42-43H2,1,3-6H3/b18-17-. The number of benzene rings is 8. The maximum absolute atomic E-state index is 11.6. The van der Waals surface area contributed by atoms with E-state index in [1.54, 1.807) is 0 Å². The Hall–Kier alpha value is -7.93. The zero-order valence-corrected chi connectivity index (χ0v) is 39.6. The minimum Gasteiger partial charge on any atom is -0.458 e. The van der Waals surface area contributed by atoms with E-state index in [1.807, 2.05) is 36.4 Å². The fraction of sp³-hybridized carbons (Fsp3) is 0.145. The van der Waals surface area contributed by atoms with Gasteiger partial charge >= 0.3 is 5.97 Å². The average Bonchev–Trinajstić information content (AvgIpc) is 3.37. The number of ether oxygens (including phenoxy) is 3. The van der Waals surface area contributed by atoms with Crippen LogP contribution in [0.5, 0.6) is 11.5 Å². The fourth-order valence-corrected chi connectivity index (χ4v) is 7.95. The summed E-state index contributed by atoms with van der Waals surface area (Å²) in [4.78, 5) is 16.2. The second-order valence-corrected chi connectivity index (χ2v) is 17.1. The van der Waals surface area contributed by atoms with Gasteiger partial charge < -0.3 is 24.0 Å². The summed E-state index contributed by atoms with van der Waals surface area (Å²) in [5, 5.41) is 0. The summed E-state index contributed by atoms with van der Waals surface area (Å²) < 4.78 is 17.5. The molecule has 0 saturated heterocycles. The highest BCUT2D eigenvalue weighted by atomic mass is 16.5. The Kier molecular flexibility index (Phi) is 15.1. The highest BCUT2D eigenvalue weighted by molar-refractivity contribution is 5.82. The normalized spacial score (nSPS) is 11.1. The van der Waals surface area contributed by atoms with E-state index in [1.165, 1.54) is 28.3 Å². The molecule has 8 rings (SSSR count). The summed E-state index contributed by atoms with van der Waals surface area (Å²) in [6.45, 7) is 15.7. The zero-order valence-electron chi connectivity index (χ0n) is 39.6. The maximum Gasteiger partial charge on any atom is 0.330 e. The number of carbonyl (C=O) groups is 1. The molecule has 0 saturated carbocycles. The van der Waals surface area contributed by atoms with Gasteiger partial charge in [0, 0.05) is 46.8 Å². The Morgan fingerprint density at radius 1 is 0.485 bits per heavy atom. The number of carbonyl (C=O) groups excluding carboxylic acids is 1. The van der Waals surface area contributed by atoms with Gasteiger partial charge in [-0.1, -0.05) is 105 Å². The fourth-order valence-electron chi connectivity index (χ4n) is 7.95. The Morgan fingerprint density at radius 3 is 1.50 bits per heavy atom. The van der Waals surface area contributed by atoms with Crippen LogP contribution >= 0.6 is 0 Å². The van der Waals surface area contributed by atoms with E-state index in [0.717, 1.165) is 92.0 Å². The molecule has 0 radical (unpaired) electrons. The summed E-state index contributed by atoms with van der Waals surface area (Å²) >= 11 is 0. The largest absolute Gasteiger partial charge is 0.458 e. The van der Waals surface area contributed by atoms with Crippen molar-refractivity contribution < 1.29 is 19.0 Å². The molecule has 0 aromatic heterocycles. The zero-order chi connectivity index (χ0) is 47.4. The Morgan fingerprint density at radius 2 is 0.971 bits per heavy atom. The second kappa shape index (κ2) is 22.0. The summed E-state index contributed by atoms with van der Waals surface area (Å²) in [5.41, 5.74) is 17.7. The quantitative estimate of drug-likeness (QED) is 0.0370. The van der Waals surface area contributed by atoms with Crippen molar-refractivity contribution in [3.63, 3.8) is 0 Å². The molecule has 0 N–H and O–H groups in total. The van der Waals surface area contributed by atoms with E-state index >= 15 is 0 Å². The first-order chi connectivity index (χ1) is 33.1. The van der Waals surface area contributed by atoms with E-state index in [2.05, 4.69) is 209 Å². The lowest BCUT2D eigenvalue weighted by Crippen LogP contribution is -2.10. The first-order valence-corrected chi connectivity index (χ1v) is 23.2. The van der Waals surface area contributed by atoms with Gasteiger partial charge in [-0.3, -0.25) is 0 Å². The number of nitrogens with zero attached hydrogens (tertiary/aromatic N) is 2. The molecular formula is C62H58N2O4. The lowest BCUT2D eigenvalue weighted by molar-refractivity contribution is -0.138. The molecule has 0 aliphatic carbocycles. The van der Waals surface area contributed by atoms with Crippen LogP contribution in [0.15, 0.2) is 195 Å². The molecule has 0 unspecified atom stereocenters. The minimum atomic E-state index is -0.439. The number of anilines is 6. The molecule has 0 spiro atoms. The van der Waals surface area contributed by atoms with Crippen molar-refractivity contribution >= 4 is 52.2 Å². The van der Waals surface area contributed by atoms with Gasteiger partial charge in [0.15, 0.2) is 0 Å². The van der Waals surface area contributed by atoms with Crippen LogP contribution in [0.3, 0.4) is 0 Å². The van der Waals surface area contributed by atoms with E-state index in [-0.39, 0.29) is 6.61 Å². The van der Waals surface area contributed by atoms with E-state index in [4.69, 9.17) is 14.2 Å². The molecule has 0 amide bonds. The van der Waals surface area contributed by atoms with E-state index in [9.17, 15) is 4.79 Å². The van der Waals surface area contributed by atoms with Crippen molar-refractivity contribution in [3.05, 3.63) is 239 Å². The van der Waals surface area contributed by atoms with Gasteiger partial charge in [0.25, 0.3) is 0 Å². The molecule has 6 nitrogen and oxygen atoms in total. The highest BCUT2D eigenvalue weighted by Crippen LogP contribution is 2.39. The smallest absolute Gasteiger partial charge is 0.330 e. The average molecular weight is 895 g/mol. The van der Waals surface area contributed by atoms with Crippen molar-refractivity contribution in [2.24, 2.45) is 0 Å². The molecule has 8 aromatic rings. The molecule has 8 aromatic carbocycles. The summed E-state index contributed by atoms with van der Waals surface area (Å²) in [6.07, 6.45) is 6.45. The van der Waals surface area contributed by atoms with Crippen LogP contribution in [0.1, 0.15) is 57.9 Å². The first kappa shape index (κ1) is 46.6. The monoisotopic (exact) mass is 894 g/mol. The van der Waals surface area contributed by atoms with Crippen molar-refractivity contribution in [1.82, 2.24) is 0 Å². The molecule has 68 heavy (non-hydrogen) atoms. The van der Waals surface area contributed by atoms with Crippen molar-refractivity contribution in [1.29, 1.82) is 0 Å². The summed E-state index contributed by atoms with van der Waals surface area (Å²) in [5.74, 6) is 1.09. The van der Waals surface area contributed by atoms with E-state index in [0.29, 0.717) is 6.61 Å². The molecule has 0 atom stereocenters. The van der Waals surface area contributed by atoms with Gasteiger partial charge in [-0.15, -0.1) is 0 Å². The predicted octanol–water partition coefficient (Wildman–Crippen LogP) is 16.6. The van der Waals surface area contributed by atoms with Gasteiger partial charge in [0.05, 0.1) is 6.61 Å². The van der Waals surface area contributed by atoms with Crippen LogP contribution < -0.4 is 14.5 Å². The van der Waals surface area contributed by atoms with Gasteiger partial charge in [-0.2, -0.15) is 0 Å². The molecule has 6 heteroatoms. The third-order valence-electron chi connectivity index (χ3n) is 12.1. The molecule has 0 aliphatic rings. The summed E-state index contributed by atoms with van der Waals surface area (Å²) in [7, 11) is 0. The Bertz CT molecular complexity index is 3010. The van der Waals surface area contributed by atoms with Crippen molar-refractivity contribution in [2.45, 2.75) is 54.3 Å². The van der Waals surface area contributed by atoms with Crippen molar-refractivity contribution in [3.8, 4) is 22.6 Å². The molecule has 340 valence electrons. The maximum atomic E-state index is 11.6. The van der Waals surface area contributed by atoms with Gasteiger partial charge in [-0.25, -0.2) is 4.79 Å². The Labute approximate surface area is 402 Å². The number of aryl methyl sites for hydroxylation is 4. The number of esters is 1. The topological polar surface area (TPSA) is 51.2 Å². The third-order valence-corrected chi connectivity index (χ3v) is 12.1. The van der Waals surface area contributed by atoms with Gasteiger partial charge in [-0.05, 0) is 193 Å². The molecule has 0 bridgehead atoms. The van der Waals surface area contributed by atoms with Crippen LogP contribution in [0.25, 0.3) is 23.3 Å². The first-order valence-electron chi connectivity index (χ1n) is 23.2. The van der Waals surface area contributed by atoms with Gasteiger partial charge in [0.1, 0.15) is 18.1 Å². The lowest BCUT2D eigenvalue weighted by atomic mass is 10.0. The second-order valence-electron chi connectivity index (χ2n) is 17.1. The molecule has 0 fully saturated rings. The van der Waals surface area contributed by atoms with E-state index < -0.39 is 5.97 Å². The third kappa shape index (κ3) is 11.7.